The van der Waals surface area contributed by atoms with Gasteiger partial charge in [0.25, 0.3) is 0 Å². The topological polar surface area (TPSA) is 46.5 Å². The second kappa shape index (κ2) is 3.38. The van der Waals surface area contributed by atoms with Gasteiger partial charge < -0.3 is 4.98 Å². The standard InChI is InChI=1S/C11H8F2N4/c1-17-10(2-3-14-17)11-15-8-4-6(12)7(13)5-9(8)16-11/h2-5H,1H3,(H,15,16). The summed E-state index contributed by atoms with van der Waals surface area (Å²) in [6.45, 7) is 0. The molecule has 0 saturated heterocycles. The fourth-order valence-corrected chi connectivity index (χ4v) is 1.73. The van der Waals surface area contributed by atoms with Gasteiger partial charge in [0, 0.05) is 25.4 Å². The lowest BCUT2D eigenvalue weighted by Crippen LogP contribution is -1.94. The molecule has 0 spiro atoms. The summed E-state index contributed by atoms with van der Waals surface area (Å²) in [5, 5.41) is 4.01. The van der Waals surface area contributed by atoms with Gasteiger partial charge in [0.15, 0.2) is 17.5 Å². The van der Waals surface area contributed by atoms with E-state index >= 15 is 0 Å². The van der Waals surface area contributed by atoms with Gasteiger partial charge in [-0.1, -0.05) is 0 Å². The number of aromatic nitrogens is 4. The SMILES string of the molecule is Cn1nccc1-c1nc2cc(F)c(F)cc2[nH]1. The molecule has 2 aromatic heterocycles. The Balaban J connectivity index is 2.24. The van der Waals surface area contributed by atoms with Gasteiger partial charge in [-0.2, -0.15) is 5.10 Å². The Bertz CT molecular complexity index is 660. The predicted octanol–water partition coefficient (Wildman–Crippen LogP) is 2.24. The molecular weight excluding hydrogens is 226 g/mol. The van der Waals surface area contributed by atoms with Gasteiger partial charge in [0.1, 0.15) is 5.69 Å². The van der Waals surface area contributed by atoms with Gasteiger partial charge >= 0.3 is 0 Å². The number of aryl methyl sites for hydroxylation is 1. The quantitative estimate of drug-likeness (QED) is 0.701. The number of nitrogens with one attached hydrogen (secondary N) is 1. The summed E-state index contributed by atoms with van der Waals surface area (Å²) >= 11 is 0. The zero-order valence-electron chi connectivity index (χ0n) is 8.91. The van der Waals surface area contributed by atoms with E-state index in [1.54, 1.807) is 24.0 Å². The molecule has 0 atom stereocenters. The molecule has 0 aliphatic rings. The number of hydrogen-bond acceptors (Lipinski definition) is 2. The molecule has 1 N–H and O–H groups in total. The molecule has 3 aromatic rings. The van der Waals surface area contributed by atoms with Crippen molar-refractivity contribution in [3.8, 4) is 11.5 Å². The van der Waals surface area contributed by atoms with Crippen LogP contribution in [0.3, 0.4) is 0 Å². The smallest absolute Gasteiger partial charge is 0.161 e. The van der Waals surface area contributed by atoms with E-state index in [0.29, 0.717) is 16.9 Å². The van der Waals surface area contributed by atoms with Crippen molar-refractivity contribution in [2.45, 2.75) is 0 Å². The van der Waals surface area contributed by atoms with Gasteiger partial charge in [0.2, 0.25) is 0 Å². The molecule has 6 heteroatoms. The van der Waals surface area contributed by atoms with Crippen molar-refractivity contribution in [1.82, 2.24) is 19.7 Å². The maximum absolute atomic E-state index is 13.0. The molecule has 0 saturated carbocycles. The summed E-state index contributed by atoms with van der Waals surface area (Å²) in [7, 11) is 1.77. The van der Waals surface area contributed by atoms with Crippen LogP contribution in [-0.4, -0.2) is 19.7 Å². The number of fused-ring (bicyclic) bond motifs is 1. The van der Waals surface area contributed by atoms with Crippen LogP contribution in [0.15, 0.2) is 24.4 Å². The number of hydrogen-bond donors (Lipinski definition) is 1. The average Bonchev–Trinajstić information content (AvgIpc) is 2.85. The maximum Gasteiger partial charge on any atom is 0.161 e. The molecule has 0 bridgehead atoms. The number of rotatable bonds is 1. The molecule has 0 aliphatic carbocycles. The minimum Gasteiger partial charge on any atom is -0.337 e. The average molecular weight is 234 g/mol. The van der Waals surface area contributed by atoms with E-state index < -0.39 is 11.6 Å². The molecule has 3 rings (SSSR count). The van der Waals surface area contributed by atoms with E-state index in [4.69, 9.17) is 0 Å². The molecule has 86 valence electrons. The van der Waals surface area contributed by atoms with Crippen LogP contribution >= 0.6 is 0 Å². The third kappa shape index (κ3) is 1.49. The van der Waals surface area contributed by atoms with Crippen LogP contribution in [0.1, 0.15) is 0 Å². The summed E-state index contributed by atoms with van der Waals surface area (Å²) < 4.78 is 27.7. The van der Waals surface area contributed by atoms with Crippen LogP contribution in [0.2, 0.25) is 0 Å². The Morgan fingerprint density at radius 1 is 1.24 bits per heavy atom. The summed E-state index contributed by atoms with van der Waals surface area (Å²) in [5.41, 5.74) is 1.60. The molecular formula is C11H8F2N4. The molecule has 0 unspecified atom stereocenters. The number of aromatic amines is 1. The molecule has 4 nitrogen and oxygen atoms in total. The summed E-state index contributed by atoms with van der Waals surface area (Å²) in [6, 6.07) is 3.93. The first-order valence-electron chi connectivity index (χ1n) is 4.98. The van der Waals surface area contributed by atoms with E-state index in [2.05, 4.69) is 15.1 Å². The highest BCUT2D eigenvalue weighted by atomic mass is 19.2. The highest BCUT2D eigenvalue weighted by Crippen LogP contribution is 2.21. The molecule has 17 heavy (non-hydrogen) atoms. The summed E-state index contributed by atoms with van der Waals surface area (Å²) in [6.07, 6.45) is 1.63. The van der Waals surface area contributed by atoms with Crippen LogP contribution in [0, 0.1) is 11.6 Å². The van der Waals surface area contributed by atoms with Gasteiger partial charge in [-0.15, -0.1) is 0 Å². The van der Waals surface area contributed by atoms with Crippen molar-refractivity contribution in [1.29, 1.82) is 0 Å². The van der Waals surface area contributed by atoms with Gasteiger partial charge in [0.05, 0.1) is 11.0 Å². The fourth-order valence-electron chi connectivity index (χ4n) is 1.73. The molecule has 0 radical (unpaired) electrons. The first-order valence-corrected chi connectivity index (χ1v) is 4.98. The third-order valence-corrected chi connectivity index (χ3v) is 2.59. The highest BCUT2D eigenvalue weighted by Gasteiger charge is 2.11. The van der Waals surface area contributed by atoms with Crippen molar-refractivity contribution in [2.75, 3.05) is 0 Å². The Kier molecular flexibility index (Phi) is 1.98. The minimum absolute atomic E-state index is 0.389. The predicted molar refractivity (Wildman–Crippen MR) is 58.2 cm³/mol. The Hall–Kier alpha value is -2.24. The van der Waals surface area contributed by atoms with E-state index in [0.717, 1.165) is 17.8 Å². The van der Waals surface area contributed by atoms with Crippen molar-refractivity contribution < 1.29 is 8.78 Å². The van der Waals surface area contributed by atoms with Crippen LogP contribution in [-0.2, 0) is 7.05 Å². The highest BCUT2D eigenvalue weighted by molar-refractivity contribution is 5.78. The second-order valence-electron chi connectivity index (χ2n) is 3.71. The van der Waals surface area contributed by atoms with Crippen LogP contribution in [0.25, 0.3) is 22.6 Å². The van der Waals surface area contributed by atoms with E-state index in [1.807, 2.05) is 0 Å². The first kappa shape index (κ1) is 9.95. The lowest BCUT2D eigenvalue weighted by atomic mass is 10.3. The monoisotopic (exact) mass is 234 g/mol. The first-order chi connectivity index (χ1) is 8.15. The Morgan fingerprint density at radius 2 is 2.00 bits per heavy atom. The minimum atomic E-state index is -0.902. The number of H-pyrrole nitrogens is 1. The number of nitrogens with zero attached hydrogens (tertiary/aromatic N) is 3. The second-order valence-corrected chi connectivity index (χ2v) is 3.71. The molecule has 2 heterocycles. The van der Waals surface area contributed by atoms with Crippen LogP contribution in [0.4, 0.5) is 8.78 Å². The molecule has 0 fully saturated rings. The van der Waals surface area contributed by atoms with Crippen LogP contribution in [0.5, 0.6) is 0 Å². The lowest BCUT2D eigenvalue weighted by Gasteiger charge is -1.95. The zero-order valence-corrected chi connectivity index (χ0v) is 8.91. The van der Waals surface area contributed by atoms with Crippen LogP contribution < -0.4 is 0 Å². The summed E-state index contributed by atoms with van der Waals surface area (Å²) in [5.74, 6) is -1.26. The number of imidazole rings is 1. The van der Waals surface area contributed by atoms with Crippen molar-refractivity contribution in [2.24, 2.45) is 7.05 Å². The summed E-state index contributed by atoms with van der Waals surface area (Å²) in [4.78, 5) is 7.12. The van der Waals surface area contributed by atoms with E-state index in [9.17, 15) is 8.78 Å². The van der Waals surface area contributed by atoms with Crippen molar-refractivity contribution >= 4 is 11.0 Å². The molecule has 0 amide bonds. The Morgan fingerprint density at radius 3 is 2.71 bits per heavy atom. The number of halogens is 2. The van der Waals surface area contributed by atoms with Crippen molar-refractivity contribution in [3.63, 3.8) is 0 Å². The lowest BCUT2D eigenvalue weighted by molar-refractivity contribution is 0.510. The fraction of sp³-hybridized carbons (Fsp3) is 0.0909. The van der Waals surface area contributed by atoms with Gasteiger partial charge in [-0.3, -0.25) is 4.68 Å². The largest absolute Gasteiger partial charge is 0.337 e. The zero-order chi connectivity index (χ0) is 12.0. The maximum atomic E-state index is 13.0. The molecule has 0 aliphatic heterocycles. The van der Waals surface area contributed by atoms with Crippen molar-refractivity contribution in [3.05, 3.63) is 36.0 Å². The number of benzene rings is 1. The van der Waals surface area contributed by atoms with E-state index in [1.165, 1.54) is 0 Å². The van der Waals surface area contributed by atoms with E-state index in [-0.39, 0.29) is 0 Å². The normalized spacial score (nSPS) is 11.2. The Labute approximate surface area is 94.9 Å². The molecule has 1 aromatic carbocycles. The van der Waals surface area contributed by atoms with Gasteiger partial charge in [-0.25, -0.2) is 13.8 Å². The van der Waals surface area contributed by atoms with Gasteiger partial charge in [-0.05, 0) is 6.07 Å². The third-order valence-electron chi connectivity index (χ3n) is 2.59.